The molecule has 2 aliphatic heterocycles. The highest BCUT2D eigenvalue weighted by molar-refractivity contribution is 14.0. The zero-order chi connectivity index (χ0) is 19.6. The number of methoxy groups -OCH3 is 1. The number of ether oxygens (including phenoxy) is 3. The Labute approximate surface area is 191 Å². The summed E-state index contributed by atoms with van der Waals surface area (Å²) in [6.07, 6.45) is 3.60. The van der Waals surface area contributed by atoms with E-state index in [0.29, 0.717) is 25.8 Å². The van der Waals surface area contributed by atoms with E-state index in [1.807, 2.05) is 12.1 Å². The Hall–Kier alpha value is -1.26. The molecule has 2 atom stereocenters. The molecule has 0 saturated carbocycles. The molecular formula is C21H35IN4O3. The number of benzene rings is 1. The van der Waals surface area contributed by atoms with Crippen molar-refractivity contribution in [1.29, 1.82) is 0 Å². The first-order valence-corrected chi connectivity index (χ1v) is 10.4. The lowest BCUT2D eigenvalue weighted by atomic mass is 10.2. The van der Waals surface area contributed by atoms with Crippen LogP contribution in [0.2, 0.25) is 0 Å². The summed E-state index contributed by atoms with van der Waals surface area (Å²) in [7, 11) is 1.72. The number of nitrogens with zero attached hydrogens (tertiary/aromatic N) is 2. The van der Waals surface area contributed by atoms with Crippen LogP contribution >= 0.6 is 24.0 Å². The molecule has 0 amide bonds. The highest BCUT2D eigenvalue weighted by Gasteiger charge is 2.25. The summed E-state index contributed by atoms with van der Waals surface area (Å²) in [6.45, 7) is 7.66. The van der Waals surface area contributed by atoms with Crippen molar-refractivity contribution in [2.75, 3.05) is 58.0 Å². The number of anilines is 1. The van der Waals surface area contributed by atoms with Crippen molar-refractivity contribution < 1.29 is 14.2 Å². The van der Waals surface area contributed by atoms with Gasteiger partial charge in [-0.1, -0.05) is 12.1 Å². The smallest absolute Gasteiger partial charge is 0.191 e. The van der Waals surface area contributed by atoms with E-state index in [0.717, 1.165) is 62.9 Å². The van der Waals surface area contributed by atoms with Crippen LogP contribution in [-0.4, -0.2) is 71.2 Å². The Bertz CT molecular complexity index is 626. The lowest BCUT2D eigenvalue weighted by molar-refractivity contribution is 0.0200. The molecule has 8 heteroatoms. The molecule has 1 aromatic carbocycles. The number of para-hydroxylation sites is 2. The van der Waals surface area contributed by atoms with Gasteiger partial charge in [-0.3, -0.25) is 4.99 Å². The van der Waals surface area contributed by atoms with E-state index in [2.05, 4.69) is 39.6 Å². The molecule has 3 rings (SSSR count). The number of aliphatic imine (C=N–C) groups is 1. The molecule has 2 N–H and O–H groups in total. The summed E-state index contributed by atoms with van der Waals surface area (Å²) in [4.78, 5) is 7.02. The topological polar surface area (TPSA) is 67.4 Å². The second kappa shape index (κ2) is 13.1. The molecule has 2 fully saturated rings. The molecule has 1 aromatic rings. The third-order valence-corrected chi connectivity index (χ3v) is 5.13. The predicted octanol–water partition coefficient (Wildman–Crippen LogP) is 2.64. The third-order valence-electron chi connectivity index (χ3n) is 5.13. The third kappa shape index (κ3) is 7.49. The van der Waals surface area contributed by atoms with Gasteiger partial charge in [0.25, 0.3) is 0 Å². The second-order valence-corrected chi connectivity index (χ2v) is 7.22. The van der Waals surface area contributed by atoms with E-state index in [1.165, 1.54) is 0 Å². The lowest BCUT2D eigenvalue weighted by Gasteiger charge is -2.22. The maximum Gasteiger partial charge on any atom is 0.191 e. The fourth-order valence-electron chi connectivity index (χ4n) is 3.71. The summed E-state index contributed by atoms with van der Waals surface area (Å²) in [5, 5.41) is 6.90. The molecule has 2 unspecified atom stereocenters. The van der Waals surface area contributed by atoms with Gasteiger partial charge in [0.2, 0.25) is 0 Å². The van der Waals surface area contributed by atoms with Crippen molar-refractivity contribution in [2.24, 2.45) is 4.99 Å². The van der Waals surface area contributed by atoms with Gasteiger partial charge >= 0.3 is 0 Å². The monoisotopic (exact) mass is 518 g/mol. The van der Waals surface area contributed by atoms with Crippen LogP contribution in [0.1, 0.15) is 26.2 Å². The van der Waals surface area contributed by atoms with Crippen LogP contribution in [0.25, 0.3) is 0 Å². The van der Waals surface area contributed by atoms with Crippen molar-refractivity contribution in [1.82, 2.24) is 10.6 Å². The van der Waals surface area contributed by atoms with Crippen LogP contribution in [-0.2, 0) is 9.47 Å². The normalized spacial score (nSPS) is 21.7. The molecule has 0 aromatic heterocycles. The minimum Gasteiger partial charge on any atom is -0.495 e. The Balaban J connectivity index is 0.00000300. The van der Waals surface area contributed by atoms with E-state index in [9.17, 15) is 0 Å². The average Bonchev–Trinajstić information content (AvgIpc) is 3.40. The predicted molar refractivity (Wildman–Crippen MR) is 128 cm³/mol. The Morgan fingerprint density at radius 2 is 2.17 bits per heavy atom. The first kappa shape index (κ1) is 24.0. The second-order valence-electron chi connectivity index (χ2n) is 7.22. The van der Waals surface area contributed by atoms with Crippen molar-refractivity contribution >= 4 is 35.6 Å². The zero-order valence-electron chi connectivity index (χ0n) is 17.6. The van der Waals surface area contributed by atoms with E-state index in [-0.39, 0.29) is 30.1 Å². The fraction of sp³-hybridized carbons (Fsp3) is 0.667. The molecule has 0 radical (unpaired) electrons. The van der Waals surface area contributed by atoms with Crippen LogP contribution in [0.15, 0.2) is 29.3 Å². The van der Waals surface area contributed by atoms with Gasteiger partial charge in [-0.2, -0.15) is 0 Å². The van der Waals surface area contributed by atoms with Crippen LogP contribution in [0.5, 0.6) is 5.75 Å². The van der Waals surface area contributed by atoms with Crippen molar-refractivity contribution in [2.45, 2.75) is 38.3 Å². The lowest BCUT2D eigenvalue weighted by Crippen LogP contribution is -2.44. The number of rotatable bonds is 9. The molecule has 29 heavy (non-hydrogen) atoms. The molecule has 0 bridgehead atoms. The standard InChI is InChI=1S/C21H34N4O3.HI/c1-3-22-21(23-11-14-27-16-18-7-6-13-28-18)24-17-10-12-25(15-17)19-8-4-5-9-20(19)26-2;/h4-5,8-9,17-18H,3,6-7,10-16H2,1-2H3,(H2,22,23,24);1H. The SMILES string of the molecule is CCNC(=NCCOCC1CCCO1)NC1CCN(c2ccccc2OC)C1.I. The van der Waals surface area contributed by atoms with Crippen LogP contribution in [0.4, 0.5) is 5.69 Å². The number of guanidine groups is 1. The quantitative estimate of drug-likeness (QED) is 0.227. The zero-order valence-corrected chi connectivity index (χ0v) is 19.9. The van der Waals surface area contributed by atoms with Crippen molar-refractivity contribution in [3.8, 4) is 5.75 Å². The maximum absolute atomic E-state index is 5.71. The van der Waals surface area contributed by atoms with Gasteiger partial charge in [0.15, 0.2) is 5.96 Å². The summed E-state index contributed by atoms with van der Waals surface area (Å²) in [5.41, 5.74) is 1.15. The van der Waals surface area contributed by atoms with Gasteiger partial charge in [0, 0.05) is 32.3 Å². The Morgan fingerprint density at radius 1 is 1.31 bits per heavy atom. The van der Waals surface area contributed by atoms with Crippen molar-refractivity contribution in [3.05, 3.63) is 24.3 Å². The van der Waals surface area contributed by atoms with Crippen molar-refractivity contribution in [3.63, 3.8) is 0 Å². The van der Waals surface area contributed by atoms with E-state index >= 15 is 0 Å². The molecule has 0 spiro atoms. The summed E-state index contributed by atoms with van der Waals surface area (Å²) < 4.78 is 16.8. The number of halogens is 1. The molecular weight excluding hydrogens is 483 g/mol. The minimum absolute atomic E-state index is 0. The van der Waals surface area contributed by atoms with Gasteiger partial charge in [0.05, 0.1) is 38.7 Å². The van der Waals surface area contributed by atoms with Gasteiger partial charge in [0.1, 0.15) is 5.75 Å². The minimum atomic E-state index is 0. The fourth-order valence-corrected chi connectivity index (χ4v) is 3.71. The van der Waals surface area contributed by atoms with Gasteiger partial charge in [-0.25, -0.2) is 0 Å². The summed E-state index contributed by atoms with van der Waals surface area (Å²) in [5.74, 6) is 1.78. The van der Waals surface area contributed by atoms with E-state index in [1.54, 1.807) is 7.11 Å². The van der Waals surface area contributed by atoms with E-state index < -0.39 is 0 Å². The molecule has 2 saturated heterocycles. The van der Waals surface area contributed by atoms with E-state index in [4.69, 9.17) is 14.2 Å². The summed E-state index contributed by atoms with van der Waals surface area (Å²) in [6, 6.07) is 8.55. The first-order chi connectivity index (χ1) is 13.8. The summed E-state index contributed by atoms with van der Waals surface area (Å²) >= 11 is 0. The maximum atomic E-state index is 5.71. The molecule has 7 nitrogen and oxygen atoms in total. The molecule has 2 aliphatic rings. The number of hydrogen-bond donors (Lipinski definition) is 2. The molecule has 2 heterocycles. The van der Waals surface area contributed by atoms with Crippen LogP contribution < -0.4 is 20.3 Å². The Kier molecular flexibility index (Phi) is 10.9. The first-order valence-electron chi connectivity index (χ1n) is 10.4. The van der Waals surface area contributed by atoms with Crippen LogP contribution in [0, 0.1) is 0 Å². The number of hydrogen-bond acceptors (Lipinski definition) is 5. The highest BCUT2D eigenvalue weighted by atomic mass is 127. The largest absolute Gasteiger partial charge is 0.495 e. The highest BCUT2D eigenvalue weighted by Crippen LogP contribution is 2.30. The average molecular weight is 518 g/mol. The molecule has 164 valence electrons. The molecule has 0 aliphatic carbocycles. The Morgan fingerprint density at radius 3 is 2.93 bits per heavy atom. The van der Waals surface area contributed by atoms with Gasteiger partial charge in [-0.15, -0.1) is 24.0 Å². The van der Waals surface area contributed by atoms with Gasteiger partial charge in [-0.05, 0) is 38.3 Å². The van der Waals surface area contributed by atoms with Gasteiger partial charge < -0.3 is 29.7 Å². The number of nitrogens with one attached hydrogen (secondary N) is 2. The van der Waals surface area contributed by atoms with Crippen LogP contribution in [0.3, 0.4) is 0 Å².